The highest BCUT2D eigenvalue weighted by molar-refractivity contribution is 8.13. The molecule has 1 aliphatic rings. The summed E-state index contributed by atoms with van der Waals surface area (Å²) in [6.45, 7) is -0.560. The van der Waals surface area contributed by atoms with Crippen molar-refractivity contribution in [1.29, 1.82) is 0 Å². The van der Waals surface area contributed by atoms with Crippen LogP contribution in [0.2, 0.25) is 0 Å². The number of nitrogen functional groups attached to an aromatic ring is 1. The highest BCUT2D eigenvalue weighted by Crippen LogP contribution is 2.62. The Balaban J connectivity index is 1.00. The normalized spacial score (nSPS) is 18.6. The van der Waals surface area contributed by atoms with Crippen molar-refractivity contribution in [2.45, 2.75) is 106 Å². The molecule has 6 rings (SSSR count). The van der Waals surface area contributed by atoms with Gasteiger partial charge in [-0.3, -0.25) is 60.8 Å². The molecule has 0 aliphatic carbocycles. The molecular formula is C53H68F4N11O27P5S. The summed E-state index contributed by atoms with van der Waals surface area (Å²) in [6, 6.07) is 8.26. The predicted molar refractivity (Wildman–Crippen MR) is 339 cm³/mol. The van der Waals surface area contributed by atoms with Gasteiger partial charge < -0.3 is 92.1 Å². The minimum absolute atomic E-state index is 0.00801. The monoisotopic (exact) mass is 1550 g/mol. The fraction of sp³-hybridized carbons (Fsp3) is 0.434. The Kier molecular flexibility index (Phi) is 28.1. The molecule has 556 valence electrons. The topological polar surface area (TPSA) is 609 Å². The number of carbonyl (C=O) groups excluding carboxylic acids is 7. The molecule has 19 N–H and O–H groups in total. The van der Waals surface area contributed by atoms with Crippen LogP contribution in [0.25, 0.3) is 11.2 Å². The maximum atomic E-state index is 14.6. The molecule has 0 radical (unpaired) electrons. The van der Waals surface area contributed by atoms with Crippen LogP contribution in [0.1, 0.15) is 71.9 Å². The van der Waals surface area contributed by atoms with Crippen LogP contribution >= 0.6 is 50.4 Å². The number of nitrogens with zero attached hydrogens (tertiary/aromatic N) is 4. The van der Waals surface area contributed by atoms with Gasteiger partial charge in [0.05, 0.1) is 19.5 Å². The van der Waals surface area contributed by atoms with Gasteiger partial charge in [-0.25, -0.2) is 28.6 Å². The Morgan fingerprint density at radius 1 is 0.693 bits per heavy atom. The number of anilines is 1. The first kappa shape index (κ1) is 83.1. The Morgan fingerprint density at radius 3 is 1.79 bits per heavy atom. The Morgan fingerprint density at radius 2 is 1.24 bits per heavy atom. The number of carbonyl (C=O) groups is 7. The zero-order valence-corrected chi connectivity index (χ0v) is 57.7. The average molecular weight is 1550 g/mol. The van der Waals surface area contributed by atoms with E-state index in [9.17, 15) is 114 Å². The Hall–Kier alpha value is -6.88. The fourth-order valence-corrected chi connectivity index (χ4v) is 13.7. The van der Waals surface area contributed by atoms with Crippen LogP contribution in [0, 0.1) is 5.41 Å². The van der Waals surface area contributed by atoms with E-state index in [1.807, 2.05) is 0 Å². The van der Waals surface area contributed by atoms with Crippen LogP contribution in [0.4, 0.5) is 23.4 Å². The Bertz CT molecular complexity index is 4070. The van der Waals surface area contributed by atoms with E-state index < -0.39 is 208 Å². The highest BCUT2D eigenvalue weighted by Gasteiger charge is 2.53. The molecule has 5 aromatic rings. The number of rotatable bonds is 37. The second kappa shape index (κ2) is 34.1. The summed E-state index contributed by atoms with van der Waals surface area (Å²) in [4.78, 5) is 182. The van der Waals surface area contributed by atoms with Gasteiger partial charge in [0.15, 0.2) is 22.8 Å². The number of nitrogens with two attached hydrogens (primary N) is 2. The number of phosphoric ester groups is 3. The van der Waals surface area contributed by atoms with E-state index in [1.165, 1.54) is 24.3 Å². The van der Waals surface area contributed by atoms with Crippen LogP contribution in [0.3, 0.4) is 0 Å². The largest absolute Gasteiger partial charge is 0.481 e. The van der Waals surface area contributed by atoms with Gasteiger partial charge in [0.2, 0.25) is 29.5 Å². The third-order valence-corrected chi connectivity index (χ3v) is 20.6. The number of primary amides is 1. The zero-order valence-electron chi connectivity index (χ0n) is 52.4. The van der Waals surface area contributed by atoms with Gasteiger partial charge >= 0.3 is 50.0 Å². The first-order valence-corrected chi connectivity index (χ1v) is 37.8. The van der Waals surface area contributed by atoms with Crippen LogP contribution in [-0.4, -0.2) is 184 Å². The summed E-state index contributed by atoms with van der Waals surface area (Å²) < 4.78 is 144. The molecule has 1 fully saturated rings. The van der Waals surface area contributed by atoms with Crippen molar-refractivity contribution >= 4 is 108 Å². The number of aliphatic hydroxyl groups is 2. The molecule has 2 aromatic heterocycles. The fourth-order valence-electron chi connectivity index (χ4n) is 9.20. The number of ether oxygens (including phenoxy) is 1. The van der Waals surface area contributed by atoms with Gasteiger partial charge in [-0.05, 0) is 29.7 Å². The van der Waals surface area contributed by atoms with Crippen molar-refractivity contribution in [2.75, 3.05) is 37.8 Å². The molecule has 6 amide bonds. The summed E-state index contributed by atoms with van der Waals surface area (Å²) in [5, 5.41) is 33.0. The lowest BCUT2D eigenvalue weighted by molar-refractivity contribution is -0.137. The second-order valence-corrected chi connectivity index (χ2v) is 31.4. The Labute approximate surface area is 572 Å². The SMILES string of the molecule is CC(C)(COP(=O)(O)OP(=O)(O)OCC1OC(n2cnc3c(N)ncnc32)C(O)C1OP(=O)(O)O)C(O)C(=O)NCCC(=O)NCCSC(=O)CCC(NC(=O)c1ccccc1)C(=O)NC(Cc1ccc(C(F)(F)P(=O)(O)O)cc1)C(=O)NC(Cc1ccc(C(F)(F)P(=O)(O)O)cc1)C(N)=O. The molecule has 1 aliphatic heterocycles. The number of alkyl halides is 4. The third kappa shape index (κ3) is 23.3. The van der Waals surface area contributed by atoms with Gasteiger partial charge in [-0.1, -0.05) is 92.3 Å². The molecule has 0 bridgehead atoms. The number of hydrogen-bond acceptors (Lipinski definition) is 24. The van der Waals surface area contributed by atoms with Crippen LogP contribution in [-0.2, 0) is 98.4 Å². The average Bonchev–Trinajstić information content (AvgIpc) is 1.65. The second-order valence-electron chi connectivity index (χ2n) is 22.7. The smallest absolute Gasteiger partial charge is 0.386 e. The van der Waals surface area contributed by atoms with Gasteiger partial charge in [0.1, 0.15) is 54.4 Å². The van der Waals surface area contributed by atoms with Gasteiger partial charge in [0.25, 0.3) is 5.91 Å². The maximum Gasteiger partial charge on any atom is 0.481 e. The lowest BCUT2D eigenvalue weighted by Crippen LogP contribution is -2.57. The van der Waals surface area contributed by atoms with Crippen molar-refractivity contribution in [3.63, 3.8) is 0 Å². The van der Waals surface area contributed by atoms with E-state index >= 15 is 0 Å². The van der Waals surface area contributed by atoms with Crippen molar-refractivity contribution in [1.82, 2.24) is 46.1 Å². The summed E-state index contributed by atoms with van der Waals surface area (Å²) in [5.74, 6) is -6.53. The molecule has 0 saturated carbocycles. The van der Waals surface area contributed by atoms with Gasteiger partial charge in [0, 0.05) is 66.6 Å². The van der Waals surface area contributed by atoms with E-state index in [0.29, 0.717) is 36.0 Å². The van der Waals surface area contributed by atoms with E-state index in [-0.39, 0.29) is 46.0 Å². The molecule has 3 heterocycles. The minimum Gasteiger partial charge on any atom is -0.386 e. The molecule has 48 heteroatoms. The molecule has 101 heavy (non-hydrogen) atoms. The zero-order chi connectivity index (χ0) is 75.4. The van der Waals surface area contributed by atoms with E-state index in [1.54, 1.807) is 6.07 Å². The van der Waals surface area contributed by atoms with Crippen LogP contribution in [0.5, 0.6) is 0 Å². The van der Waals surface area contributed by atoms with Crippen molar-refractivity contribution in [3.8, 4) is 0 Å². The summed E-state index contributed by atoms with van der Waals surface area (Å²) in [7, 11) is -28.9. The number of hydrogen-bond donors (Lipinski definition) is 17. The van der Waals surface area contributed by atoms with E-state index in [4.69, 9.17) is 35.0 Å². The van der Waals surface area contributed by atoms with Gasteiger partial charge in [-0.15, -0.1) is 0 Å². The highest BCUT2D eigenvalue weighted by atomic mass is 32.2. The number of amides is 6. The molecular weight excluding hydrogens is 1490 g/mol. The summed E-state index contributed by atoms with van der Waals surface area (Å²) in [6.07, 6.45) is -9.96. The number of aromatic nitrogens is 4. The van der Waals surface area contributed by atoms with Gasteiger partial charge in [-0.2, -0.15) is 21.9 Å². The number of benzene rings is 3. The van der Waals surface area contributed by atoms with Crippen molar-refractivity contribution < 1.29 is 146 Å². The van der Waals surface area contributed by atoms with E-state index in [0.717, 1.165) is 55.3 Å². The maximum absolute atomic E-state index is 14.6. The van der Waals surface area contributed by atoms with Crippen LogP contribution < -0.4 is 38.1 Å². The number of aliphatic hydroxyl groups excluding tert-OH is 2. The number of thioether (sulfide) groups is 1. The summed E-state index contributed by atoms with van der Waals surface area (Å²) in [5.41, 5.74) is -2.01. The lowest BCUT2D eigenvalue weighted by Gasteiger charge is -2.30. The molecule has 0 spiro atoms. The number of phosphoric acid groups is 3. The molecule has 3 aromatic carbocycles. The molecule has 10 unspecified atom stereocenters. The number of halogens is 4. The quantitative estimate of drug-likeness (QED) is 0.0147. The predicted octanol–water partition coefficient (Wildman–Crippen LogP) is 0.638. The number of fused-ring (bicyclic) bond motifs is 1. The molecule has 10 atom stereocenters. The standard InChI is InChI=1S/C53H68F4N11O27P5S/c1-51(2,25-92-100(89,90)95-99(87,88)91-24-36-41(94-98(84,85)86)40(71)50(93-36)68-27-64-39-43(58)62-26-63-45(39)68)42(72)49(77)61-19-18-37(69)60-20-21-101-38(70)17-16-33(65-46(74)30-6-4-3-5-7-30)47(75)67-35(23-29-10-14-32(15-11-29)53(56,57)97(81,82)83)48(76)66-34(44(59)73)22-28-8-12-31(13-9-28)52(54,55)96(78,79)80/h3-15,26-27,33-36,40-42,50,71-72H,16-25H2,1-2H3,(H2,59,73)(H,60,69)(H,61,77)(H,65,74)(H,66,76)(H,67,75)(H,87,88)(H,89,90)(H2,58,62,63)(H2,78,79,80)(H2,81,82,83)(H2,84,85,86). The number of imidazole rings is 1. The molecule has 1 saturated heterocycles. The minimum atomic E-state index is -6.06. The summed E-state index contributed by atoms with van der Waals surface area (Å²) >= 11 is 0.651. The third-order valence-electron chi connectivity index (χ3n) is 14.6. The molecule has 38 nitrogen and oxygen atoms in total. The lowest BCUT2D eigenvalue weighted by atomic mass is 9.87. The first-order valence-electron chi connectivity index (χ1n) is 29.1. The first-order chi connectivity index (χ1) is 46.7. The number of nitrogens with one attached hydrogen (secondary N) is 5. The van der Waals surface area contributed by atoms with Crippen molar-refractivity contribution in [3.05, 3.63) is 119 Å². The van der Waals surface area contributed by atoms with Crippen molar-refractivity contribution in [2.24, 2.45) is 11.1 Å². The van der Waals surface area contributed by atoms with Crippen LogP contribution in [0.15, 0.2) is 91.5 Å². The van der Waals surface area contributed by atoms with E-state index in [2.05, 4.69) is 50.4 Å².